The van der Waals surface area contributed by atoms with Gasteiger partial charge in [0.2, 0.25) is 0 Å². The summed E-state index contributed by atoms with van der Waals surface area (Å²) in [6.45, 7) is 0. The van der Waals surface area contributed by atoms with Crippen LogP contribution >= 0.6 is 0 Å². The molecule has 4 heteroatoms. The average Bonchev–Trinajstić information content (AvgIpc) is 4.03. The maximum Gasteiger partial charge on any atom is 0.184 e. The fourth-order valence-corrected chi connectivity index (χ4v) is 15.9. The van der Waals surface area contributed by atoms with Gasteiger partial charge in [0.05, 0.1) is 22.1 Å². The van der Waals surface area contributed by atoms with Crippen LogP contribution in [-0.4, -0.2) is 17.2 Å². The summed E-state index contributed by atoms with van der Waals surface area (Å²) < 4.78 is 11.9. The van der Waals surface area contributed by atoms with Crippen molar-refractivity contribution in [2.75, 3.05) is 0 Å². The molecule has 13 aromatic rings. The second-order valence-corrected chi connectivity index (χ2v) is 20.5. The molecule has 3 nitrogen and oxygen atoms in total. The zero-order valence-corrected chi connectivity index (χ0v) is 35.9. The van der Waals surface area contributed by atoms with Crippen molar-refractivity contribution in [3.05, 3.63) is 243 Å². The molecule has 0 aliphatic heterocycles. The van der Waals surface area contributed by atoms with E-state index in [0.29, 0.717) is 0 Å². The molecule has 0 unspecified atom stereocenters. The average molecular weight is 833 g/mol. The van der Waals surface area contributed by atoms with Crippen LogP contribution in [0.4, 0.5) is 0 Å². The fraction of sp³-hybridized carbons (Fsp3) is 0. The molecule has 0 aliphatic rings. The Morgan fingerprint density at radius 2 is 0.828 bits per heavy atom. The molecule has 0 atom stereocenters. The summed E-state index contributed by atoms with van der Waals surface area (Å²) in [5, 5.41) is 12.4. The number of nitrogens with zero attached hydrogens (tertiary/aromatic N) is 2. The zero-order valence-electron chi connectivity index (χ0n) is 34.9. The van der Waals surface area contributed by atoms with Gasteiger partial charge in [-0.25, -0.2) is 0 Å². The molecule has 0 fully saturated rings. The molecular formula is C60H40N2OSi. The van der Waals surface area contributed by atoms with Gasteiger partial charge in [-0.2, -0.15) is 0 Å². The first-order chi connectivity index (χ1) is 31.8. The predicted molar refractivity (Wildman–Crippen MR) is 271 cm³/mol. The zero-order chi connectivity index (χ0) is 42.2. The Bertz CT molecular complexity index is 3860. The molecule has 0 aliphatic carbocycles. The predicted octanol–water partition coefficient (Wildman–Crippen LogP) is 12.8. The Balaban J connectivity index is 1.10. The number of hydrogen-bond donors (Lipinski definition) is 0. The van der Waals surface area contributed by atoms with E-state index in [0.717, 1.165) is 33.3 Å². The Kier molecular flexibility index (Phi) is 8.23. The summed E-state index contributed by atoms with van der Waals surface area (Å²) in [5.41, 5.74) is 11.3. The van der Waals surface area contributed by atoms with E-state index in [2.05, 4.69) is 252 Å². The van der Waals surface area contributed by atoms with Gasteiger partial charge in [-0.1, -0.05) is 188 Å². The highest BCUT2D eigenvalue weighted by molar-refractivity contribution is 7.21. The van der Waals surface area contributed by atoms with Gasteiger partial charge in [0, 0.05) is 43.7 Å². The van der Waals surface area contributed by atoms with Gasteiger partial charge in [-0.05, 0) is 86.5 Å². The minimum absolute atomic E-state index is 0.907. The fourth-order valence-electron chi connectivity index (χ4n) is 10.8. The molecule has 0 saturated heterocycles. The lowest BCUT2D eigenvalue weighted by molar-refractivity contribution is 0.671. The monoisotopic (exact) mass is 832 g/mol. The third-order valence-electron chi connectivity index (χ3n) is 13.4. The van der Waals surface area contributed by atoms with Crippen molar-refractivity contribution in [3.63, 3.8) is 0 Å². The van der Waals surface area contributed by atoms with Gasteiger partial charge >= 0.3 is 0 Å². The highest BCUT2D eigenvalue weighted by atomic mass is 28.3. The molecule has 0 radical (unpaired) electrons. The van der Waals surface area contributed by atoms with Crippen LogP contribution in [0.1, 0.15) is 0 Å². The van der Waals surface area contributed by atoms with Crippen molar-refractivity contribution in [1.29, 1.82) is 0 Å². The molecule has 0 amide bonds. The molecule has 0 spiro atoms. The SMILES string of the molecule is c1ccc(-c2cccc(-n3c4ccccc4c4cc(-n5c6ccccc6c6c([Si](c7ccccc7)(c7ccccc7)c7cccc8c7oc7ccccc78)cccc65)ccc43)c2)cc1. The molecule has 13 rings (SSSR count). The van der Waals surface area contributed by atoms with Gasteiger partial charge in [-0.15, -0.1) is 0 Å². The van der Waals surface area contributed by atoms with E-state index in [-0.39, 0.29) is 0 Å². The van der Waals surface area contributed by atoms with Crippen LogP contribution in [0.15, 0.2) is 247 Å². The van der Waals surface area contributed by atoms with Crippen LogP contribution in [0.2, 0.25) is 0 Å². The van der Waals surface area contributed by atoms with Crippen LogP contribution in [-0.2, 0) is 0 Å². The smallest absolute Gasteiger partial charge is 0.184 e. The first-order valence-electron chi connectivity index (χ1n) is 22.0. The molecule has 3 aromatic heterocycles. The minimum atomic E-state index is -3.15. The quantitative estimate of drug-likeness (QED) is 0.116. The lowest BCUT2D eigenvalue weighted by Gasteiger charge is -2.35. The molecule has 300 valence electrons. The van der Waals surface area contributed by atoms with E-state index < -0.39 is 8.07 Å². The first kappa shape index (κ1) is 36.5. The number of rotatable bonds is 7. The lowest BCUT2D eigenvalue weighted by Crippen LogP contribution is -2.75. The largest absolute Gasteiger partial charge is 0.456 e. The van der Waals surface area contributed by atoms with E-state index in [1.54, 1.807) is 0 Å². The van der Waals surface area contributed by atoms with Crippen LogP contribution in [0.5, 0.6) is 0 Å². The van der Waals surface area contributed by atoms with Crippen molar-refractivity contribution < 1.29 is 4.42 Å². The number of aromatic nitrogens is 2. The Morgan fingerprint density at radius 3 is 1.59 bits per heavy atom. The van der Waals surface area contributed by atoms with E-state index >= 15 is 0 Å². The number of hydrogen-bond acceptors (Lipinski definition) is 1. The highest BCUT2D eigenvalue weighted by Gasteiger charge is 2.45. The molecular weight excluding hydrogens is 793 g/mol. The number of fused-ring (bicyclic) bond motifs is 9. The molecule has 3 heterocycles. The standard InChI is InChI=1S/C60H40N2OSi/c1-4-19-41(20-5-1)42-21-16-22-43(39-42)61-52-31-13-10-27-47(52)51-40-44(37-38-54(51)61)62-53-32-14-11-29-50(53)59-55(62)33-18-35-57(59)64(45-23-6-2-7-24-45,46-25-8-3-9-26-46)58-36-17-30-49-48-28-12-15-34-56(48)63-60(49)58/h1-40H. The van der Waals surface area contributed by atoms with E-state index in [4.69, 9.17) is 4.42 Å². The van der Waals surface area contributed by atoms with Crippen LogP contribution in [0.25, 0.3) is 88.1 Å². The molecule has 0 N–H and O–H groups in total. The Morgan fingerprint density at radius 1 is 0.312 bits per heavy atom. The van der Waals surface area contributed by atoms with Crippen molar-refractivity contribution in [2.45, 2.75) is 0 Å². The number of benzene rings is 10. The van der Waals surface area contributed by atoms with Crippen molar-refractivity contribution in [3.8, 4) is 22.5 Å². The third kappa shape index (κ3) is 5.33. The lowest BCUT2D eigenvalue weighted by atomic mass is 10.1. The van der Waals surface area contributed by atoms with Gasteiger partial charge in [0.25, 0.3) is 0 Å². The first-order valence-corrected chi connectivity index (χ1v) is 24.0. The summed E-state index contributed by atoms with van der Waals surface area (Å²) >= 11 is 0. The summed E-state index contributed by atoms with van der Waals surface area (Å²) in [6, 6.07) is 89.1. The van der Waals surface area contributed by atoms with Gasteiger partial charge in [-0.3, -0.25) is 0 Å². The minimum Gasteiger partial charge on any atom is -0.456 e. The maximum absolute atomic E-state index is 6.99. The number of para-hydroxylation sites is 4. The summed E-state index contributed by atoms with van der Waals surface area (Å²) in [4.78, 5) is 0. The van der Waals surface area contributed by atoms with Crippen molar-refractivity contribution >= 4 is 94.4 Å². The highest BCUT2D eigenvalue weighted by Crippen LogP contribution is 2.38. The third-order valence-corrected chi connectivity index (χ3v) is 18.3. The molecule has 0 bridgehead atoms. The van der Waals surface area contributed by atoms with Gasteiger partial charge < -0.3 is 13.6 Å². The Labute approximate surface area is 371 Å². The summed E-state index contributed by atoms with van der Waals surface area (Å²) in [7, 11) is -3.15. The topological polar surface area (TPSA) is 23.0 Å². The number of furan rings is 1. The van der Waals surface area contributed by atoms with Gasteiger partial charge in [0.1, 0.15) is 11.2 Å². The normalized spacial score (nSPS) is 12.1. The van der Waals surface area contributed by atoms with Crippen LogP contribution in [0.3, 0.4) is 0 Å². The van der Waals surface area contributed by atoms with Crippen LogP contribution < -0.4 is 20.7 Å². The van der Waals surface area contributed by atoms with E-state index in [1.165, 1.54) is 75.5 Å². The summed E-state index contributed by atoms with van der Waals surface area (Å²) in [6.07, 6.45) is 0. The van der Waals surface area contributed by atoms with Crippen LogP contribution in [0, 0.1) is 0 Å². The second kappa shape index (κ2) is 14.5. The van der Waals surface area contributed by atoms with Crippen molar-refractivity contribution in [2.24, 2.45) is 0 Å². The molecule has 0 saturated carbocycles. The maximum atomic E-state index is 6.99. The Hall–Kier alpha value is -8.18. The van der Waals surface area contributed by atoms with E-state index in [9.17, 15) is 0 Å². The molecule has 10 aromatic carbocycles. The summed E-state index contributed by atoms with van der Waals surface area (Å²) in [5.74, 6) is 0. The van der Waals surface area contributed by atoms with E-state index in [1.807, 2.05) is 0 Å². The van der Waals surface area contributed by atoms with Gasteiger partial charge in [0.15, 0.2) is 8.07 Å². The molecule has 64 heavy (non-hydrogen) atoms. The van der Waals surface area contributed by atoms with Crippen molar-refractivity contribution in [1.82, 2.24) is 9.13 Å². The second-order valence-electron chi connectivity index (χ2n) is 16.8.